The normalized spacial score (nSPS) is 23.9. The van der Waals surface area contributed by atoms with Crippen LogP contribution in [-0.4, -0.2) is 31.6 Å². The smallest absolute Gasteiger partial charge is 0.419 e. The largest absolute Gasteiger partial charge is 0.438 e. The van der Waals surface area contributed by atoms with Gasteiger partial charge in [0.25, 0.3) is 0 Å². The summed E-state index contributed by atoms with van der Waals surface area (Å²) in [5, 5.41) is 0. The molecule has 0 spiro atoms. The zero-order valence-corrected chi connectivity index (χ0v) is 12.8. The van der Waals surface area contributed by atoms with Gasteiger partial charge < -0.3 is 15.4 Å². The van der Waals surface area contributed by atoms with Crippen LogP contribution < -0.4 is 5.73 Å². The number of hydrogen-bond acceptors (Lipinski definition) is 3. The third-order valence-electron chi connectivity index (χ3n) is 4.02. The van der Waals surface area contributed by atoms with Crippen molar-refractivity contribution in [2.75, 3.05) is 20.6 Å². The highest BCUT2D eigenvalue weighted by Gasteiger charge is 2.59. The molecule has 128 valence electrons. The quantitative estimate of drug-likeness (QED) is 0.842. The van der Waals surface area contributed by atoms with E-state index in [-0.39, 0.29) is 11.5 Å². The van der Waals surface area contributed by atoms with E-state index in [1.165, 1.54) is 6.07 Å². The van der Waals surface area contributed by atoms with E-state index >= 15 is 0 Å². The van der Waals surface area contributed by atoms with E-state index in [9.17, 15) is 22.4 Å². The number of alkyl halides is 3. The first-order valence-corrected chi connectivity index (χ1v) is 7.06. The molecule has 4 nitrogen and oxygen atoms in total. The van der Waals surface area contributed by atoms with Gasteiger partial charge in [-0.1, -0.05) is 6.07 Å². The molecular formula is C15H18F4N2O2. The van der Waals surface area contributed by atoms with Crippen molar-refractivity contribution in [2.24, 2.45) is 11.7 Å². The first-order valence-electron chi connectivity index (χ1n) is 7.06. The molecule has 0 radical (unpaired) electrons. The number of halogens is 4. The van der Waals surface area contributed by atoms with Crippen molar-refractivity contribution in [3.63, 3.8) is 0 Å². The molecule has 23 heavy (non-hydrogen) atoms. The summed E-state index contributed by atoms with van der Waals surface area (Å²) < 4.78 is 57.2. The first kappa shape index (κ1) is 17.5. The molecule has 1 aliphatic carbocycles. The summed E-state index contributed by atoms with van der Waals surface area (Å²) in [5.74, 6) is -1.51. The van der Waals surface area contributed by atoms with Crippen molar-refractivity contribution in [3.05, 3.63) is 35.1 Å². The van der Waals surface area contributed by atoms with E-state index in [0.717, 1.165) is 6.07 Å². The van der Waals surface area contributed by atoms with Gasteiger partial charge in [0.05, 0.1) is 5.56 Å². The molecule has 0 bridgehead atoms. The van der Waals surface area contributed by atoms with Crippen molar-refractivity contribution in [1.82, 2.24) is 4.90 Å². The summed E-state index contributed by atoms with van der Waals surface area (Å²) in [6.07, 6.45) is -4.89. The molecule has 2 unspecified atom stereocenters. The number of nitrogens with zero attached hydrogens (tertiary/aromatic N) is 1. The Hall–Kier alpha value is -1.83. The van der Waals surface area contributed by atoms with Crippen molar-refractivity contribution in [3.8, 4) is 0 Å². The lowest BCUT2D eigenvalue weighted by atomic mass is 10.0. The van der Waals surface area contributed by atoms with Gasteiger partial charge in [-0.2, -0.15) is 13.2 Å². The van der Waals surface area contributed by atoms with Crippen molar-refractivity contribution < 1.29 is 27.1 Å². The van der Waals surface area contributed by atoms with E-state index in [4.69, 9.17) is 10.5 Å². The molecule has 8 heteroatoms. The summed E-state index contributed by atoms with van der Waals surface area (Å²) in [4.78, 5) is 13.1. The number of nitrogens with two attached hydrogens (primary N) is 1. The Morgan fingerprint density at radius 1 is 1.43 bits per heavy atom. The molecule has 0 aliphatic heterocycles. The summed E-state index contributed by atoms with van der Waals surface area (Å²) >= 11 is 0. The Labute approximate surface area is 131 Å². The van der Waals surface area contributed by atoms with Gasteiger partial charge >= 0.3 is 12.3 Å². The second-order valence-corrected chi connectivity index (χ2v) is 6.00. The van der Waals surface area contributed by atoms with Crippen LogP contribution in [-0.2, 0) is 16.5 Å². The van der Waals surface area contributed by atoms with Crippen molar-refractivity contribution >= 4 is 6.09 Å². The Balaban J connectivity index is 2.33. The van der Waals surface area contributed by atoms with Gasteiger partial charge in [-0.3, -0.25) is 0 Å². The topological polar surface area (TPSA) is 55.6 Å². The van der Waals surface area contributed by atoms with Crippen LogP contribution in [0.5, 0.6) is 0 Å². The Morgan fingerprint density at radius 3 is 2.61 bits per heavy atom. The summed E-state index contributed by atoms with van der Waals surface area (Å²) in [6, 6.07) is 2.66. The lowest BCUT2D eigenvalue weighted by molar-refractivity contribution is -0.140. The van der Waals surface area contributed by atoms with Gasteiger partial charge in [-0.05, 0) is 51.2 Å². The maximum absolute atomic E-state index is 13.4. The third kappa shape index (κ3) is 3.74. The van der Waals surface area contributed by atoms with Gasteiger partial charge in [0.1, 0.15) is 11.4 Å². The van der Waals surface area contributed by atoms with E-state index in [1.807, 2.05) is 19.0 Å². The van der Waals surface area contributed by atoms with E-state index in [0.29, 0.717) is 25.5 Å². The monoisotopic (exact) mass is 334 g/mol. The van der Waals surface area contributed by atoms with Gasteiger partial charge in [0.15, 0.2) is 0 Å². The molecule has 0 aromatic heterocycles. The van der Waals surface area contributed by atoms with E-state index in [1.54, 1.807) is 0 Å². The van der Waals surface area contributed by atoms with Crippen LogP contribution in [0.2, 0.25) is 0 Å². The molecule has 0 heterocycles. The molecule has 2 N–H and O–H groups in total. The van der Waals surface area contributed by atoms with Crippen LogP contribution in [0.1, 0.15) is 24.0 Å². The minimum absolute atomic E-state index is 0.119. The number of hydrogen-bond donors (Lipinski definition) is 1. The molecule has 0 saturated heterocycles. The predicted molar refractivity (Wildman–Crippen MR) is 75.0 cm³/mol. The maximum Gasteiger partial charge on any atom is 0.419 e. The molecule has 1 aromatic rings. The van der Waals surface area contributed by atoms with Crippen molar-refractivity contribution in [2.45, 2.75) is 24.6 Å². The van der Waals surface area contributed by atoms with Crippen LogP contribution in [0, 0.1) is 11.7 Å². The fraction of sp³-hybridized carbons (Fsp3) is 0.533. The highest BCUT2D eigenvalue weighted by atomic mass is 19.4. The second kappa shape index (κ2) is 5.99. The molecule has 1 aromatic carbocycles. The molecule has 1 aliphatic rings. The molecule has 1 amide bonds. The van der Waals surface area contributed by atoms with E-state index < -0.39 is 29.3 Å². The fourth-order valence-electron chi connectivity index (χ4n) is 2.78. The number of ether oxygens (including phenoxy) is 1. The van der Waals surface area contributed by atoms with Crippen LogP contribution >= 0.6 is 0 Å². The number of carbonyl (C=O) groups excluding carboxylic acids is 1. The number of carbonyl (C=O) groups is 1. The Kier molecular flexibility index (Phi) is 4.57. The third-order valence-corrected chi connectivity index (χ3v) is 4.02. The molecule has 2 rings (SSSR count). The average Bonchev–Trinajstić information content (AvgIpc) is 3.08. The predicted octanol–water partition coefficient (Wildman–Crippen LogP) is 3.11. The highest BCUT2D eigenvalue weighted by Crippen LogP contribution is 2.57. The van der Waals surface area contributed by atoms with Crippen LogP contribution in [0.25, 0.3) is 0 Å². The SMILES string of the molecule is CN(C)CCC1CC1(OC(N)=O)c1ccc(F)c(C(F)(F)F)c1. The fourth-order valence-corrected chi connectivity index (χ4v) is 2.78. The average molecular weight is 334 g/mol. The number of rotatable bonds is 5. The maximum atomic E-state index is 13.4. The lowest BCUT2D eigenvalue weighted by Crippen LogP contribution is -2.26. The van der Waals surface area contributed by atoms with Crippen molar-refractivity contribution in [1.29, 1.82) is 0 Å². The number of primary amides is 1. The van der Waals surface area contributed by atoms with Crippen LogP contribution in [0.15, 0.2) is 18.2 Å². The Morgan fingerprint density at radius 2 is 2.09 bits per heavy atom. The van der Waals surface area contributed by atoms with Gasteiger partial charge in [-0.25, -0.2) is 9.18 Å². The first-order chi connectivity index (χ1) is 10.6. The second-order valence-electron chi connectivity index (χ2n) is 6.00. The summed E-state index contributed by atoms with van der Waals surface area (Å²) in [7, 11) is 3.72. The van der Waals surface area contributed by atoms with Gasteiger partial charge in [0, 0.05) is 5.92 Å². The Bertz CT molecular complexity index is 604. The standard InChI is InChI=1S/C15H18F4N2O2/c1-21(2)6-5-10-8-14(10,23-13(20)22)9-3-4-12(16)11(7-9)15(17,18)19/h3-4,7,10H,5-6,8H2,1-2H3,(H2,20,22). The minimum atomic E-state index is -4.82. The lowest BCUT2D eigenvalue weighted by Gasteiger charge is -2.20. The van der Waals surface area contributed by atoms with Crippen LogP contribution in [0.4, 0.5) is 22.4 Å². The molecule has 1 fully saturated rings. The zero-order chi connectivity index (χ0) is 17.4. The van der Waals surface area contributed by atoms with Gasteiger partial charge in [0.2, 0.25) is 0 Å². The molecule has 2 atom stereocenters. The van der Waals surface area contributed by atoms with E-state index in [2.05, 4.69) is 0 Å². The zero-order valence-electron chi connectivity index (χ0n) is 12.8. The minimum Gasteiger partial charge on any atom is -0.438 e. The summed E-state index contributed by atoms with van der Waals surface area (Å²) in [5.41, 5.74) is 2.61. The molecular weight excluding hydrogens is 316 g/mol. The summed E-state index contributed by atoms with van der Waals surface area (Å²) in [6.45, 7) is 0.682. The number of amides is 1. The number of benzene rings is 1. The van der Waals surface area contributed by atoms with Crippen LogP contribution in [0.3, 0.4) is 0 Å². The van der Waals surface area contributed by atoms with Gasteiger partial charge in [-0.15, -0.1) is 0 Å². The molecule has 1 saturated carbocycles. The highest BCUT2D eigenvalue weighted by molar-refractivity contribution is 5.66.